The van der Waals surface area contributed by atoms with E-state index in [1.165, 1.54) is 6.07 Å². The minimum Gasteiger partial charge on any atom is -0.507 e. The van der Waals surface area contributed by atoms with Crippen LogP contribution in [-0.4, -0.2) is 23.3 Å². The Morgan fingerprint density at radius 1 is 1.42 bits per heavy atom. The number of ether oxygens (including phenoxy) is 2. The largest absolute Gasteiger partial charge is 0.507 e. The summed E-state index contributed by atoms with van der Waals surface area (Å²) in [5, 5.41) is 9.61. The third-order valence-electron chi connectivity index (χ3n) is 2.22. The molecule has 1 aromatic rings. The summed E-state index contributed by atoms with van der Waals surface area (Å²) < 4.78 is 10.5. The summed E-state index contributed by atoms with van der Waals surface area (Å²) in [5.41, 5.74) is 0.153. The summed E-state index contributed by atoms with van der Waals surface area (Å²) in [6.07, 6.45) is 1.72. The molecule has 0 aromatic heterocycles. The lowest BCUT2D eigenvalue weighted by atomic mass is 10.2. The van der Waals surface area contributed by atoms with Crippen LogP contribution in [0, 0.1) is 0 Å². The van der Waals surface area contributed by atoms with E-state index < -0.39 is 5.60 Å². The average molecular weight is 264 g/mol. The topological polar surface area (TPSA) is 55.8 Å². The second kappa shape index (κ2) is 6.27. The fourth-order valence-electron chi connectivity index (χ4n) is 1.43. The van der Waals surface area contributed by atoms with Gasteiger partial charge in [-0.05, 0) is 32.9 Å². The molecule has 0 heterocycles. The summed E-state index contributed by atoms with van der Waals surface area (Å²) in [4.78, 5) is 11.5. The van der Waals surface area contributed by atoms with E-state index in [-0.39, 0.29) is 24.7 Å². The maximum absolute atomic E-state index is 11.5. The summed E-state index contributed by atoms with van der Waals surface area (Å²) >= 11 is 0. The van der Waals surface area contributed by atoms with Crippen LogP contribution in [0.2, 0.25) is 0 Å². The molecule has 1 aromatic carbocycles. The van der Waals surface area contributed by atoms with E-state index in [9.17, 15) is 9.90 Å². The number of hydrogen-bond donors (Lipinski definition) is 1. The molecule has 0 radical (unpaired) electrons. The maximum Gasteiger partial charge on any atom is 0.309 e. The minimum atomic E-state index is -0.485. The van der Waals surface area contributed by atoms with Gasteiger partial charge in [-0.1, -0.05) is 12.7 Å². The van der Waals surface area contributed by atoms with Crippen LogP contribution in [0.5, 0.6) is 11.5 Å². The number of aromatic hydroxyl groups is 1. The first kappa shape index (κ1) is 15.1. The number of phenolic OH excluding ortho intramolecular Hbond substituents is 1. The van der Waals surface area contributed by atoms with Gasteiger partial charge < -0.3 is 14.6 Å². The molecule has 0 bridgehead atoms. The van der Waals surface area contributed by atoms with Gasteiger partial charge in [0.1, 0.15) is 17.1 Å². The van der Waals surface area contributed by atoms with Crippen molar-refractivity contribution in [2.45, 2.75) is 32.8 Å². The van der Waals surface area contributed by atoms with Gasteiger partial charge in [-0.2, -0.15) is 0 Å². The Morgan fingerprint density at radius 2 is 2.11 bits per heavy atom. The normalized spacial score (nSPS) is 10.9. The fourth-order valence-corrected chi connectivity index (χ4v) is 1.43. The van der Waals surface area contributed by atoms with E-state index in [1.807, 2.05) is 20.8 Å². The van der Waals surface area contributed by atoms with E-state index in [0.717, 1.165) is 0 Å². The lowest BCUT2D eigenvalue weighted by Crippen LogP contribution is -2.24. The molecule has 0 saturated heterocycles. The number of esters is 1. The van der Waals surface area contributed by atoms with Crippen LogP contribution < -0.4 is 4.74 Å². The second-order valence-electron chi connectivity index (χ2n) is 5.11. The Kier molecular flexibility index (Phi) is 4.98. The number of carbonyl (C=O) groups excluding carboxylic acids is 1. The van der Waals surface area contributed by atoms with Crippen molar-refractivity contribution in [3.05, 3.63) is 30.3 Å². The highest BCUT2D eigenvalue weighted by Gasteiger charge is 2.15. The first-order valence-electron chi connectivity index (χ1n) is 6.12. The quantitative estimate of drug-likeness (QED) is 0.830. The van der Waals surface area contributed by atoms with E-state index >= 15 is 0 Å². The monoisotopic (exact) mass is 264 g/mol. The highest BCUT2D eigenvalue weighted by atomic mass is 16.6. The van der Waals surface area contributed by atoms with Crippen LogP contribution >= 0.6 is 0 Å². The van der Waals surface area contributed by atoms with Crippen LogP contribution in [0.3, 0.4) is 0 Å². The smallest absolute Gasteiger partial charge is 0.309 e. The molecular weight excluding hydrogens is 244 g/mol. The summed E-state index contributed by atoms with van der Waals surface area (Å²) in [6, 6.07) is 4.91. The standard InChI is InChI=1S/C15H20O4/c1-5-11-6-7-12(10-13(11)16)18-9-8-14(17)19-15(2,3)4/h5-7,10,16H,1,8-9H2,2-4H3. The zero-order valence-corrected chi connectivity index (χ0v) is 11.6. The molecular formula is C15H20O4. The summed E-state index contributed by atoms with van der Waals surface area (Å²) in [6.45, 7) is 9.24. The molecule has 0 fully saturated rings. The van der Waals surface area contributed by atoms with Crippen molar-refractivity contribution in [3.63, 3.8) is 0 Å². The van der Waals surface area contributed by atoms with Gasteiger partial charge in [0.2, 0.25) is 0 Å². The van der Waals surface area contributed by atoms with Gasteiger partial charge in [0, 0.05) is 11.6 Å². The van der Waals surface area contributed by atoms with Crippen molar-refractivity contribution in [1.29, 1.82) is 0 Å². The van der Waals surface area contributed by atoms with Crippen LogP contribution in [-0.2, 0) is 9.53 Å². The van der Waals surface area contributed by atoms with Crippen molar-refractivity contribution in [2.24, 2.45) is 0 Å². The van der Waals surface area contributed by atoms with Gasteiger partial charge in [-0.25, -0.2) is 0 Å². The Labute approximate surface area is 113 Å². The SMILES string of the molecule is C=Cc1ccc(OCCC(=O)OC(C)(C)C)cc1O. The Bertz CT molecular complexity index is 458. The van der Waals surface area contributed by atoms with Crippen LogP contribution in [0.4, 0.5) is 0 Å². The van der Waals surface area contributed by atoms with Crippen molar-refractivity contribution in [3.8, 4) is 11.5 Å². The van der Waals surface area contributed by atoms with E-state index in [0.29, 0.717) is 11.3 Å². The number of phenols is 1. The summed E-state index contributed by atoms with van der Waals surface area (Å²) in [7, 11) is 0. The van der Waals surface area contributed by atoms with Crippen molar-refractivity contribution >= 4 is 12.0 Å². The molecule has 104 valence electrons. The van der Waals surface area contributed by atoms with E-state index in [4.69, 9.17) is 9.47 Å². The Hall–Kier alpha value is -1.97. The van der Waals surface area contributed by atoms with Gasteiger partial charge in [-0.3, -0.25) is 4.79 Å². The van der Waals surface area contributed by atoms with Gasteiger partial charge in [0.25, 0.3) is 0 Å². The number of hydrogen-bond acceptors (Lipinski definition) is 4. The highest BCUT2D eigenvalue weighted by Crippen LogP contribution is 2.24. The molecule has 0 amide bonds. The number of carbonyl (C=O) groups is 1. The number of rotatable bonds is 5. The van der Waals surface area contributed by atoms with Gasteiger partial charge in [0.05, 0.1) is 13.0 Å². The first-order chi connectivity index (χ1) is 8.81. The third-order valence-corrected chi connectivity index (χ3v) is 2.22. The third kappa shape index (κ3) is 5.46. The zero-order valence-electron chi connectivity index (χ0n) is 11.6. The molecule has 0 unspecified atom stereocenters. The van der Waals surface area contributed by atoms with Crippen molar-refractivity contribution in [2.75, 3.05) is 6.61 Å². The molecule has 0 aliphatic carbocycles. The van der Waals surface area contributed by atoms with Crippen LogP contribution in [0.15, 0.2) is 24.8 Å². The van der Waals surface area contributed by atoms with E-state index in [1.54, 1.807) is 18.2 Å². The van der Waals surface area contributed by atoms with E-state index in [2.05, 4.69) is 6.58 Å². The highest BCUT2D eigenvalue weighted by molar-refractivity contribution is 5.70. The molecule has 0 saturated carbocycles. The first-order valence-corrected chi connectivity index (χ1v) is 6.12. The molecule has 1 N–H and O–H groups in total. The average Bonchev–Trinajstić information content (AvgIpc) is 2.26. The Balaban J connectivity index is 2.43. The zero-order chi connectivity index (χ0) is 14.5. The van der Waals surface area contributed by atoms with Gasteiger partial charge in [-0.15, -0.1) is 0 Å². The van der Waals surface area contributed by atoms with Crippen LogP contribution in [0.25, 0.3) is 6.08 Å². The molecule has 19 heavy (non-hydrogen) atoms. The summed E-state index contributed by atoms with van der Waals surface area (Å²) in [5.74, 6) is 0.302. The van der Waals surface area contributed by atoms with Gasteiger partial charge >= 0.3 is 5.97 Å². The minimum absolute atomic E-state index is 0.102. The second-order valence-corrected chi connectivity index (χ2v) is 5.11. The molecule has 0 aliphatic heterocycles. The van der Waals surface area contributed by atoms with Crippen molar-refractivity contribution < 1.29 is 19.4 Å². The predicted molar refractivity (Wildman–Crippen MR) is 74.2 cm³/mol. The van der Waals surface area contributed by atoms with Crippen molar-refractivity contribution in [1.82, 2.24) is 0 Å². The van der Waals surface area contributed by atoms with Crippen LogP contribution in [0.1, 0.15) is 32.8 Å². The number of benzene rings is 1. The molecule has 1 rings (SSSR count). The van der Waals surface area contributed by atoms with Gasteiger partial charge in [0.15, 0.2) is 0 Å². The predicted octanol–water partition coefficient (Wildman–Crippen LogP) is 3.15. The molecule has 0 spiro atoms. The molecule has 4 nitrogen and oxygen atoms in total. The molecule has 4 heteroatoms. The maximum atomic E-state index is 11.5. The fraction of sp³-hybridized carbons (Fsp3) is 0.400. The molecule has 0 atom stereocenters. The lowest BCUT2D eigenvalue weighted by Gasteiger charge is -2.19. The molecule has 0 aliphatic rings. The lowest BCUT2D eigenvalue weighted by molar-refractivity contribution is -0.155. The Morgan fingerprint density at radius 3 is 2.63 bits per heavy atom.